The number of benzene rings is 1. The predicted octanol–water partition coefficient (Wildman–Crippen LogP) is 1.11. The molecule has 0 aromatic heterocycles. The molecule has 1 fully saturated rings. The van der Waals surface area contributed by atoms with Crippen LogP contribution in [-0.2, 0) is 16.6 Å². The molecule has 0 atom stereocenters. The van der Waals surface area contributed by atoms with Crippen molar-refractivity contribution in [2.75, 3.05) is 19.3 Å². The zero-order chi connectivity index (χ0) is 15.5. The van der Waals surface area contributed by atoms with E-state index >= 15 is 0 Å². The van der Waals surface area contributed by atoms with E-state index in [4.69, 9.17) is 0 Å². The first kappa shape index (κ1) is 15.9. The third kappa shape index (κ3) is 4.76. The fourth-order valence-electron chi connectivity index (χ4n) is 2.58. The van der Waals surface area contributed by atoms with Gasteiger partial charge in [0.05, 0.1) is 11.2 Å². The van der Waals surface area contributed by atoms with Crippen LogP contribution in [0.2, 0.25) is 0 Å². The summed E-state index contributed by atoms with van der Waals surface area (Å²) >= 11 is 0. The van der Waals surface area contributed by atoms with Crippen LogP contribution < -0.4 is 4.72 Å². The Morgan fingerprint density at radius 2 is 1.95 bits per heavy atom. The summed E-state index contributed by atoms with van der Waals surface area (Å²) in [4.78, 5) is 12.7. The topological polar surface area (TPSA) is 92.6 Å². The van der Waals surface area contributed by atoms with Gasteiger partial charge in [-0.3, -0.25) is 15.0 Å². The van der Waals surface area contributed by atoms with Crippen LogP contribution in [0.5, 0.6) is 0 Å². The van der Waals surface area contributed by atoms with E-state index in [-0.39, 0.29) is 16.7 Å². The molecule has 1 aromatic carbocycles. The van der Waals surface area contributed by atoms with Gasteiger partial charge in [-0.2, -0.15) is 0 Å². The number of likely N-dealkylation sites (tertiary alicyclic amines) is 1. The molecule has 0 aliphatic carbocycles. The van der Waals surface area contributed by atoms with Crippen molar-refractivity contribution in [1.82, 2.24) is 9.62 Å². The normalized spacial score (nSPS) is 17.8. The number of nitrogens with one attached hydrogen (secondary N) is 1. The molecule has 1 N–H and O–H groups in total. The van der Waals surface area contributed by atoms with Gasteiger partial charge in [-0.1, -0.05) is 18.2 Å². The maximum Gasteiger partial charge on any atom is 0.273 e. The highest BCUT2D eigenvalue weighted by molar-refractivity contribution is 7.88. The van der Waals surface area contributed by atoms with E-state index in [0.29, 0.717) is 24.9 Å². The van der Waals surface area contributed by atoms with Gasteiger partial charge in [0.2, 0.25) is 10.0 Å². The number of piperidine rings is 1. The summed E-state index contributed by atoms with van der Waals surface area (Å²) in [6.07, 6.45) is 2.59. The van der Waals surface area contributed by atoms with E-state index in [0.717, 1.165) is 19.3 Å². The molecule has 1 heterocycles. The molecule has 21 heavy (non-hydrogen) atoms. The highest BCUT2D eigenvalue weighted by Crippen LogP contribution is 2.21. The molecule has 2 rings (SSSR count). The minimum Gasteiger partial charge on any atom is -0.299 e. The van der Waals surface area contributed by atoms with Gasteiger partial charge in [0.25, 0.3) is 5.69 Å². The summed E-state index contributed by atoms with van der Waals surface area (Å²) in [6.45, 7) is 1.96. The highest BCUT2D eigenvalue weighted by atomic mass is 32.2. The molecule has 1 aliphatic heterocycles. The molecule has 0 spiro atoms. The molecule has 116 valence electrons. The van der Waals surface area contributed by atoms with E-state index in [1.807, 2.05) is 0 Å². The smallest absolute Gasteiger partial charge is 0.273 e. The molecular formula is C13H19N3O4S. The lowest BCUT2D eigenvalue weighted by atomic mass is 10.0. The second kappa shape index (κ2) is 6.50. The van der Waals surface area contributed by atoms with Crippen molar-refractivity contribution < 1.29 is 13.3 Å². The van der Waals surface area contributed by atoms with Gasteiger partial charge < -0.3 is 0 Å². The summed E-state index contributed by atoms with van der Waals surface area (Å²) in [5, 5.41) is 11.0. The molecule has 0 saturated carbocycles. The number of sulfonamides is 1. The number of para-hydroxylation sites is 1. The maximum atomic E-state index is 11.2. The quantitative estimate of drug-likeness (QED) is 0.649. The number of nitrogens with zero attached hydrogens (tertiary/aromatic N) is 2. The first-order valence-corrected chi connectivity index (χ1v) is 8.66. The summed E-state index contributed by atoms with van der Waals surface area (Å²) in [6, 6.07) is 6.68. The van der Waals surface area contributed by atoms with Gasteiger partial charge >= 0.3 is 0 Å². The Morgan fingerprint density at radius 1 is 1.33 bits per heavy atom. The van der Waals surface area contributed by atoms with Crippen molar-refractivity contribution in [3.05, 3.63) is 39.9 Å². The lowest BCUT2D eigenvalue weighted by Gasteiger charge is -2.31. The zero-order valence-corrected chi connectivity index (χ0v) is 12.7. The molecule has 1 saturated heterocycles. The SMILES string of the molecule is CS(=O)(=O)NC1CCN(Cc2ccccc2[N+](=O)[O-])CC1. The Hall–Kier alpha value is -1.51. The summed E-state index contributed by atoms with van der Waals surface area (Å²) in [5.74, 6) is 0. The van der Waals surface area contributed by atoms with E-state index in [1.54, 1.807) is 18.2 Å². The van der Waals surface area contributed by atoms with Crippen LogP contribution in [0.1, 0.15) is 18.4 Å². The van der Waals surface area contributed by atoms with Crippen molar-refractivity contribution in [3.63, 3.8) is 0 Å². The summed E-state index contributed by atoms with van der Waals surface area (Å²) < 4.78 is 25.0. The highest BCUT2D eigenvalue weighted by Gasteiger charge is 2.23. The first-order valence-electron chi connectivity index (χ1n) is 6.77. The molecule has 7 nitrogen and oxygen atoms in total. The van der Waals surface area contributed by atoms with Crippen LogP contribution in [0.15, 0.2) is 24.3 Å². The van der Waals surface area contributed by atoms with Gasteiger partial charge in [-0.05, 0) is 12.8 Å². The average molecular weight is 313 g/mol. The van der Waals surface area contributed by atoms with E-state index in [2.05, 4.69) is 9.62 Å². The lowest BCUT2D eigenvalue weighted by Crippen LogP contribution is -2.44. The second-order valence-corrected chi connectivity index (χ2v) is 7.11. The van der Waals surface area contributed by atoms with Crippen molar-refractivity contribution in [2.45, 2.75) is 25.4 Å². The molecule has 0 unspecified atom stereocenters. The van der Waals surface area contributed by atoms with Crippen molar-refractivity contribution >= 4 is 15.7 Å². The van der Waals surface area contributed by atoms with Crippen LogP contribution in [0.3, 0.4) is 0 Å². The fraction of sp³-hybridized carbons (Fsp3) is 0.538. The Labute approximate surface area is 124 Å². The molecule has 8 heteroatoms. The van der Waals surface area contributed by atoms with Gasteiger partial charge in [0.1, 0.15) is 0 Å². The van der Waals surface area contributed by atoms with E-state index < -0.39 is 10.0 Å². The van der Waals surface area contributed by atoms with E-state index in [1.165, 1.54) is 6.07 Å². The summed E-state index contributed by atoms with van der Waals surface area (Å²) in [5.41, 5.74) is 0.825. The Bertz CT molecular complexity index is 610. The monoisotopic (exact) mass is 313 g/mol. The second-order valence-electron chi connectivity index (χ2n) is 5.33. The molecule has 0 amide bonds. The predicted molar refractivity (Wildman–Crippen MR) is 79.4 cm³/mol. The minimum atomic E-state index is -3.18. The van der Waals surface area contributed by atoms with Gasteiger partial charge in [-0.25, -0.2) is 13.1 Å². The Balaban J connectivity index is 1.94. The third-order valence-electron chi connectivity index (χ3n) is 3.55. The van der Waals surface area contributed by atoms with Crippen molar-refractivity contribution in [1.29, 1.82) is 0 Å². The average Bonchev–Trinajstić information content (AvgIpc) is 2.40. The fourth-order valence-corrected chi connectivity index (χ4v) is 3.42. The van der Waals surface area contributed by atoms with Crippen LogP contribution in [0.25, 0.3) is 0 Å². The summed E-state index contributed by atoms with van der Waals surface area (Å²) in [7, 11) is -3.18. The Morgan fingerprint density at radius 3 is 2.52 bits per heavy atom. The van der Waals surface area contributed by atoms with Crippen LogP contribution in [0.4, 0.5) is 5.69 Å². The number of nitro benzene ring substituents is 1. The van der Waals surface area contributed by atoms with Crippen molar-refractivity contribution in [3.8, 4) is 0 Å². The first-order chi connectivity index (χ1) is 9.85. The van der Waals surface area contributed by atoms with Crippen LogP contribution >= 0.6 is 0 Å². The number of nitro groups is 1. The Kier molecular flexibility index (Phi) is 4.92. The lowest BCUT2D eigenvalue weighted by molar-refractivity contribution is -0.385. The molecule has 1 aliphatic rings. The number of rotatable bonds is 5. The van der Waals surface area contributed by atoms with Gasteiger partial charge in [0, 0.05) is 37.3 Å². The number of hydrogen-bond donors (Lipinski definition) is 1. The standard InChI is InChI=1S/C13H19N3O4S/c1-21(19,20)14-12-6-8-15(9-7-12)10-11-4-2-3-5-13(11)16(17)18/h2-5,12,14H,6-10H2,1H3. The molecule has 0 radical (unpaired) electrons. The van der Waals surface area contributed by atoms with Crippen LogP contribution in [-0.4, -0.2) is 43.6 Å². The molecule has 0 bridgehead atoms. The maximum absolute atomic E-state index is 11.2. The van der Waals surface area contributed by atoms with Crippen LogP contribution in [0, 0.1) is 10.1 Å². The minimum absolute atomic E-state index is 0.0398. The number of hydrogen-bond acceptors (Lipinski definition) is 5. The largest absolute Gasteiger partial charge is 0.299 e. The van der Waals surface area contributed by atoms with E-state index in [9.17, 15) is 18.5 Å². The molecular weight excluding hydrogens is 294 g/mol. The third-order valence-corrected chi connectivity index (χ3v) is 4.31. The van der Waals surface area contributed by atoms with Crippen molar-refractivity contribution in [2.24, 2.45) is 0 Å². The zero-order valence-electron chi connectivity index (χ0n) is 11.9. The van der Waals surface area contributed by atoms with Gasteiger partial charge in [0.15, 0.2) is 0 Å². The van der Waals surface area contributed by atoms with Gasteiger partial charge in [-0.15, -0.1) is 0 Å². The molecule has 1 aromatic rings.